The molecule has 0 aromatic heterocycles. The molecule has 1 rings (SSSR count). The smallest absolute Gasteiger partial charge is 0.222 e. The lowest BCUT2D eigenvalue weighted by atomic mass is 10.2. The van der Waals surface area contributed by atoms with E-state index in [9.17, 15) is 4.79 Å². The molecule has 2 N–H and O–H groups in total. The van der Waals surface area contributed by atoms with Crippen LogP contribution in [0.5, 0.6) is 0 Å². The normalized spacial score (nSPS) is 18.0. The minimum absolute atomic E-state index is 0. The summed E-state index contributed by atoms with van der Waals surface area (Å²) in [6.45, 7) is 10.2. The van der Waals surface area contributed by atoms with E-state index in [1.54, 1.807) is 7.05 Å². The number of nitrogens with zero attached hydrogens (tertiary/aromatic N) is 2. The Kier molecular flexibility index (Phi) is 12.5. The Bertz CT molecular complexity index is 364. The van der Waals surface area contributed by atoms with Crippen molar-refractivity contribution in [2.45, 2.75) is 46.1 Å². The SMILES string of the molecule is CCC(=O)N1CCC(NC(=NC)NCCCOCC(C)C)C1.I. The van der Waals surface area contributed by atoms with Crippen molar-refractivity contribution >= 4 is 35.8 Å². The van der Waals surface area contributed by atoms with Gasteiger partial charge in [-0.2, -0.15) is 0 Å². The van der Waals surface area contributed by atoms with Gasteiger partial charge in [0.05, 0.1) is 0 Å². The summed E-state index contributed by atoms with van der Waals surface area (Å²) in [5.41, 5.74) is 0. The number of carbonyl (C=O) groups is 1. The number of nitrogens with one attached hydrogen (secondary N) is 2. The first kappa shape index (κ1) is 22.4. The zero-order chi connectivity index (χ0) is 16.4. The summed E-state index contributed by atoms with van der Waals surface area (Å²) < 4.78 is 5.55. The van der Waals surface area contributed by atoms with E-state index < -0.39 is 0 Å². The molecule has 1 aliphatic heterocycles. The molecule has 0 bridgehead atoms. The van der Waals surface area contributed by atoms with Crippen molar-refractivity contribution in [1.82, 2.24) is 15.5 Å². The Labute approximate surface area is 157 Å². The number of halogens is 1. The van der Waals surface area contributed by atoms with E-state index >= 15 is 0 Å². The Morgan fingerprint density at radius 3 is 2.78 bits per heavy atom. The number of hydrogen-bond acceptors (Lipinski definition) is 3. The summed E-state index contributed by atoms with van der Waals surface area (Å²) in [5, 5.41) is 6.69. The number of carbonyl (C=O) groups excluding carboxylic acids is 1. The van der Waals surface area contributed by atoms with Crippen molar-refractivity contribution in [2.24, 2.45) is 10.9 Å². The fourth-order valence-corrected chi connectivity index (χ4v) is 2.42. The van der Waals surface area contributed by atoms with Crippen molar-refractivity contribution in [2.75, 3.05) is 39.9 Å². The van der Waals surface area contributed by atoms with Crippen molar-refractivity contribution in [3.05, 3.63) is 0 Å². The van der Waals surface area contributed by atoms with E-state index in [2.05, 4.69) is 29.5 Å². The molecule has 1 fully saturated rings. The summed E-state index contributed by atoms with van der Waals surface area (Å²) >= 11 is 0. The van der Waals surface area contributed by atoms with Crippen LogP contribution in [-0.4, -0.2) is 62.7 Å². The molecule has 1 unspecified atom stereocenters. The van der Waals surface area contributed by atoms with Crippen molar-refractivity contribution < 1.29 is 9.53 Å². The van der Waals surface area contributed by atoms with Crippen LogP contribution in [-0.2, 0) is 9.53 Å². The van der Waals surface area contributed by atoms with Crippen LogP contribution >= 0.6 is 24.0 Å². The highest BCUT2D eigenvalue weighted by molar-refractivity contribution is 14.0. The molecule has 0 aromatic carbocycles. The number of hydrogen-bond donors (Lipinski definition) is 2. The Morgan fingerprint density at radius 2 is 2.17 bits per heavy atom. The van der Waals surface area contributed by atoms with Gasteiger partial charge < -0.3 is 20.3 Å². The van der Waals surface area contributed by atoms with E-state index in [1.807, 2.05) is 11.8 Å². The Hall–Kier alpha value is -0.570. The van der Waals surface area contributed by atoms with Crippen LogP contribution in [0.3, 0.4) is 0 Å². The van der Waals surface area contributed by atoms with Gasteiger partial charge in [0.25, 0.3) is 0 Å². The van der Waals surface area contributed by atoms with Gasteiger partial charge in [-0.3, -0.25) is 9.79 Å². The van der Waals surface area contributed by atoms with Crippen LogP contribution in [0.1, 0.15) is 40.0 Å². The molecule has 0 radical (unpaired) electrons. The van der Waals surface area contributed by atoms with Crippen LogP contribution in [0, 0.1) is 5.92 Å². The van der Waals surface area contributed by atoms with Gasteiger partial charge >= 0.3 is 0 Å². The van der Waals surface area contributed by atoms with E-state index in [-0.39, 0.29) is 29.9 Å². The van der Waals surface area contributed by atoms with Gasteiger partial charge in [-0.25, -0.2) is 0 Å². The minimum atomic E-state index is 0. The zero-order valence-corrected chi connectivity index (χ0v) is 17.3. The monoisotopic (exact) mass is 440 g/mol. The molecule has 7 heteroatoms. The topological polar surface area (TPSA) is 66.0 Å². The van der Waals surface area contributed by atoms with Gasteiger partial charge in [-0.1, -0.05) is 20.8 Å². The second kappa shape index (κ2) is 12.8. The predicted octanol–water partition coefficient (Wildman–Crippen LogP) is 1.84. The summed E-state index contributed by atoms with van der Waals surface area (Å²) in [4.78, 5) is 17.8. The maximum Gasteiger partial charge on any atom is 0.222 e. The number of likely N-dealkylation sites (tertiary alicyclic amines) is 1. The first-order valence-electron chi connectivity index (χ1n) is 8.39. The lowest BCUT2D eigenvalue weighted by Gasteiger charge is -2.18. The quantitative estimate of drug-likeness (QED) is 0.262. The second-order valence-electron chi connectivity index (χ2n) is 6.14. The molecule has 0 saturated carbocycles. The average molecular weight is 440 g/mol. The van der Waals surface area contributed by atoms with Crippen molar-refractivity contribution in [3.8, 4) is 0 Å². The molecule has 6 nitrogen and oxygen atoms in total. The molecular formula is C16H33IN4O2. The third-order valence-electron chi connectivity index (χ3n) is 3.62. The molecule has 0 aromatic rings. The number of aliphatic imine (C=N–C) groups is 1. The number of guanidine groups is 1. The lowest BCUT2D eigenvalue weighted by Crippen LogP contribution is -2.45. The summed E-state index contributed by atoms with van der Waals surface area (Å²) in [6, 6.07) is 0.291. The molecule has 1 atom stereocenters. The highest BCUT2D eigenvalue weighted by Gasteiger charge is 2.25. The minimum Gasteiger partial charge on any atom is -0.381 e. The average Bonchev–Trinajstić information content (AvgIpc) is 2.96. The van der Waals surface area contributed by atoms with Gasteiger partial charge in [-0.15, -0.1) is 24.0 Å². The summed E-state index contributed by atoms with van der Waals surface area (Å²) in [7, 11) is 1.77. The third kappa shape index (κ3) is 9.34. The van der Waals surface area contributed by atoms with Crippen molar-refractivity contribution in [1.29, 1.82) is 0 Å². The number of rotatable bonds is 8. The summed E-state index contributed by atoms with van der Waals surface area (Å²) in [5.74, 6) is 1.62. The lowest BCUT2D eigenvalue weighted by molar-refractivity contribution is -0.129. The Balaban J connectivity index is 0.00000484. The van der Waals surface area contributed by atoms with Gasteiger partial charge in [0.1, 0.15) is 0 Å². The first-order valence-corrected chi connectivity index (χ1v) is 8.39. The van der Waals surface area contributed by atoms with Crippen LogP contribution in [0.15, 0.2) is 4.99 Å². The van der Waals surface area contributed by atoms with E-state index in [4.69, 9.17) is 4.74 Å². The molecule has 1 aliphatic rings. The molecule has 1 heterocycles. The van der Waals surface area contributed by atoms with Crippen LogP contribution in [0.25, 0.3) is 0 Å². The fraction of sp³-hybridized carbons (Fsp3) is 0.875. The van der Waals surface area contributed by atoms with Gasteiger partial charge in [-0.05, 0) is 18.8 Å². The fourth-order valence-electron chi connectivity index (χ4n) is 2.42. The van der Waals surface area contributed by atoms with Gasteiger partial charge in [0.2, 0.25) is 5.91 Å². The molecule has 0 aliphatic carbocycles. The standard InChI is InChI=1S/C16H32N4O2.HI/c1-5-15(21)20-9-7-14(11-20)19-16(17-4)18-8-6-10-22-12-13(2)3;/h13-14H,5-12H2,1-4H3,(H2,17,18,19);1H. The highest BCUT2D eigenvalue weighted by atomic mass is 127. The molecule has 1 saturated heterocycles. The Morgan fingerprint density at radius 1 is 1.43 bits per heavy atom. The molecular weight excluding hydrogens is 407 g/mol. The van der Waals surface area contributed by atoms with Crippen LogP contribution < -0.4 is 10.6 Å². The van der Waals surface area contributed by atoms with Crippen LogP contribution in [0.2, 0.25) is 0 Å². The van der Waals surface area contributed by atoms with Gasteiger partial charge in [0.15, 0.2) is 5.96 Å². The van der Waals surface area contributed by atoms with Crippen LogP contribution in [0.4, 0.5) is 0 Å². The molecule has 23 heavy (non-hydrogen) atoms. The maximum absolute atomic E-state index is 11.7. The third-order valence-corrected chi connectivity index (χ3v) is 3.62. The maximum atomic E-state index is 11.7. The molecule has 136 valence electrons. The predicted molar refractivity (Wildman–Crippen MR) is 105 cm³/mol. The number of ether oxygens (including phenoxy) is 1. The van der Waals surface area contributed by atoms with E-state index in [0.29, 0.717) is 18.4 Å². The second-order valence-corrected chi connectivity index (χ2v) is 6.14. The number of amides is 1. The largest absolute Gasteiger partial charge is 0.381 e. The zero-order valence-electron chi connectivity index (χ0n) is 14.9. The van der Waals surface area contributed by atoms with E-state index in [1.165, 1.54) is 0 Å². The molecule has 0 spiro atoms. The first-order chi connectivity index (χ1) is 10.6. The van der Waals surface area contributed by atoms with Gasteiger partial charge in [0, 0.05) is 52.4 Å². The van der Waals surface area contributed by atoms with Crippen molar-refractivity contribution in [3.63, 3.8) is 0 Å². The molecule has 1 amide bonds. The van der Waals surface area contributed by atoms with E-state index in [0.717, 1.165) is 51.6 Å². The highest BCUT2D eigenvalue weighted by Crippen LogP contribution is 2.10. The summed E-state index contributed by atoms with van der Waals surface area (Å²) in [6.07, 6.45) is 2.51.